The zero-order valence-electron chi connectivity index (χ0n) is 18.9. The number of amides is 2. The first-order chi connectivity index (χ1) is 14.5. The van der Waals surface area contributed by atoms with E-state index in [-0.39, 0.29) is 23.8 Å². The average molecular weight is 466 g/mol. The summed E-state index contributed by atoms with van der Waals surface area (Å²) in [7, 11) is 0. The first kappa shape index (κ1) is 25.1. The third-order valence-electron chi connectivity index (χ3n) is 4.58. The molecule has 0 aliphatic heterocycles. The molecule has 9 heteroatoms. The van der Waals surface area contributed by atoms with Gasteiger partial charge < -0.3 is 10.6 Å². The van der Waals surface area contributed by atoms with Gasteiger partial charge in [-0.1, -0.05) is 24.9 Å². The van der Waals surface area contributed by atoms with E-state index in [2.05, 4.69) is 22.7 Å². The van der Waals surface area contributed by atoms with Crippen LogP contribution in [-0.2, 0) is 22.7 Å². The van der Waals surface area contributed by atoms with Crippen LogP contribution in [0.2, 0.25) is 5.02 Å². The van der Waals surface area contributed by atoms with Gasteiger partial charge in [0.05, 0.1) is 6.54 Å². The number of unbranched alkanes of at least 4 members (excludes halogenated alkanes) is 1. The summed E-state index contributed by atoms with van der Waals surface area (Å²) >= 11 is 11.7. The molecule has 170 valence electrons. The highest BCUT2D eigenvalue weighted by molar-refractivity contribution is 7.71. The molecule has 0 radical (unpaired) electrons. The minimum atomic E-state index is -0.619. The van der Waals surface area contributed by atoms with E-state index < -0.39 is 6.04 Å². The molecule has 1 atom stereocenters. The smallest absolute Gasteiger partial charge is 0.242 e. The molecule has 0 saturated heterocycles. The van der Waals surface area contributed by atoms with Crippen LogP contribution >= 0.6 is 23.8 Å². The van der Waals surface area contributed by atoms with Gasteiger partial charge in [-0.05, 0) is 70.6 Å². The van der Waals surface area contributed by atoms with Crippen LogP contribution in [0.25, 0.3) is 11.4 Å². The van der Waals surface area contributed by atoms with E-state index >= 15 is 0 Å². The molecule has 0 spiro atoms. The fourth-order valence-electron chi connectivity index (χ4n) is 2.98. The van der Waals surface area contributed by atoms with Crippen molar-refractivity contribution >= 4 is 35.6 Å². The maximum absolute atomic E-state index is 12.4. The van der Waals surface area contributed by atoms with E-state index in [0.717, 1.165) is 30.8 Å². The highest BCUT2D eigenvalue weighted by Crippen LogP contribution is 2.21. The molecule has 0 fully saturated rings. The van der Waals surface area contributed by atoms with Crippen molar-refractivity contribution in [3.05, 3.63) is 34.1 Å². The Balaban J connectivity index is 2.10. The third kappa shape index (κ3) is 7.47. The SMILES string of the molecule is CCCCn1c(-c2ccc(Cl)cc2)nn(CCC(=O)NC(C)C(=O)NC(C)(C)C)c1=S. The molecule has 2 rings (SSSR count). The van der Waals surface area contributed by atoms with Crippen LogP contribution in [0.15, 0.2) is 24.3 Å². The van der Waals surface area contributed by atoms with Crippen molar-refractivity contribution in [2.45, 2.75) is 78.6 Å². The maximum Gasteiger partial charge on any atom is 0.242 e. The number of hydrogen-bond acceptors (Lipinski definition) is 4. The number of carbonyl (C=O) groups is 2. The highest BCUT2D eigenvalue weighted by Gasteiger charge is 2.21. The number of aryl methyl sites for hydroxylation is 1. The lowest BCUT2D eigenvalue weighted by Crippen LogP contribution is -2.50. The fraction of sp³-hybridized carbons (Fsp3) is 0.545. The second kappa shape index (κ2) is 10.9. The quantitative estimate of drug-likeness (QED) is 0.539. The van der Waals surface area contributed by atoms with Crippen LogP contribution in [0, 0.1) is 4.77 Å². The van der Waals surface area contributed by atoms with E-state index in [0.29, 0.717) is 16.3 Å². The van der Waals surface area contributed by atoms with Crippen LogP contribution in [0.3, 0.4) is 0 Å². The average Bonchev–Trinajstić information content (AvgIpc) is 2.99. The molecule has 1 unspecified atom stereocenters. The lowest BCUT2D eigenvalue weighted by molar-refractivity contribution is -0.129. The predicted molar refractivity (Wildman–Crippen MR) is 127 cm³/mol. The van der Waals surface area contributed by atoms with E-state index in [1.807, 2.05) is 49.6 Å². The summed E-state index contributed by atoms with van der Waals surface area (Å²) < 4.78 is 4.25. The molecular weight excluding hydrogens is 434 g/mol. The zero-order chi connectivity index (χ0) is 23.2. The van der Waals surface area contributed by atoms with Gasteiger partial charge in [-0.3, -0.25) is 14.2 Å². The topological polar surface area (TPSA) is 81.0 Å². The summed E-state index contributed by atoms with van der Waals surface area (Å²) in [6.45, 7) is 10.6. The van der Waals surface area contributed by atoms with Crippen molar-refractivity contribution in [2.75, 3.05) is 0 Å². The molecule has 0 bridgehead atoms. The number of nitrogens with zero attached hydrogens (tertiary/aromatic N) is 3. The number of carbonyl (C=O) groups excluding carboxylic acids is 2. The van der Waals surface area contributed by atoms with E-state index in [1.165, 1.54) is 0 Å². The molecule has 0 aliphatic carbocycles. The van der Waals surface area contributed by atoms with Crippen molar-refractivity contribution in [1.29, 1.82) is 0 Å². The Hall–Kier alpha value is -2.19. The van der Waals surface area contributed by atoms with Crippen molar-refractivity contribution in [2.24, 2.45) is 0 Å². The van der Waals surface area contributed by atoms with Crippen LogP contribution in [0.5, 0.6) is 0 Å². The van der Waals surface area contributed by atoms with Crippen LogP contribution in [0.4, 0.5) is 0 Å². The number of rotatable bonds is 9. The molecule has 1 heterocycles. The number of nitrogens with one attached hydrogen (secondary N) is 2. The molecule has 2 N–H and O–H groups in total. The fourth-order valence-corrected chi connectivity index (χ4v) is 3.42. The van der Waals surface area contributed by atoms with Crippen LogP contribution in [-0.4, -0.2) is 37.7 Å². The van der Waals surface area contributed by atoms with Gasteiger partial charge in [0.2, 0.25) is 11.8 Å². The summed E-state index contributed by atoms with van der Waals surface area (Å²) in [6.07, 6.45) is 2.18. The highest BCUT2D eigenvalue weighted by atomic mass is 35.5. The molecule has 0 saturated carbocycles. The minimum absolute atomic E-state index is 0.173. The van der Waals surface area contributed by atoms with Crippen LogP contribution < -0.4 is 10.6 Å². The second-order valence-electron chi connectivity index (χ2n) is 8.62. The van der Waals surface area contributed by atoms with Crippen molar-refractivity contribution < 1.29 is 9.59 Å². The van der Waals surface area contributed by atoms with Gasteiger partial charge in [0.25, 0.3) is 0 Å². The summed E-state index contributed by atoms with van der Waals surface area (Å²) in [6, 6.07) is 6.84. The summed E-state index contributed by atoms with van der Waals surface area (Å²) in [5, 5.41) is 10.9. The lowest BCUT2D eigenvalue weighted by Gasteiger charge is -2.23. The van der Waals surface area contributed by atoms with Gasteiger partial charge in [0, 0.05) is 29.1 Å². The Labute approximate surface area is 194 Å². The van der Waals surface area contributed by atoms with E-state index in [4.69, 9.17) is 23.8 Å². The van der Waals surface area contributed by atoms with Gasteiger partial charge >= 0.3 is 0 Å². The number of aromatic nitrogens is 3. The molecule has 2 aromatic rings. The van der Waals surface area contributed by atoms with E-state index in [9.17, 15) is 9.59 Å². The van der Waals surface area contributed by atoms with Crippen molar-refractivity contribution in [3.63, 3.8) is 0 Å². The molecule has 7 nitrogen and oxygen atoms in total. The number of halogens is 1. The standard InChI is InChI=1S/C22H32ClN5O2S/c1-6-7-13-27-19(16-8-10-17(23)11-9-16)26-28(21(27)31)14-12-18(29)24-15(2)20(30)25-22(3,4)5/h8-11,15H,6-7,12-14H2,1-5H3,(H,24,29)(H,25,30). The molecular formula is C22H32ClN5O2S. The predicted octanol–water partition coefficient (Wildman–Crippen LogP) is 4.34. The Morgan fingerprint density at radius 2 is 1.84 bits per heavy atom. The molecule has 31 heavy (non-hydrogen) atoms. The largest absolute Gasteiger partial charge is 0.350 e. The van der Waals surface area contributed by atoms with Gasteiger partial charge in [-0.2, -0.15) is 5.10 Å². The van der Waals surface area contributed by atoms with Crippen molar-refractivity contribution in [3.8, 4) is 11.4 Å². The normalized spacial score (nSPS) is 12.5. The first-order valence-corrected chi connectivity index (χ1v) is 11.4. The second-order valence-corrected chi connectivity index (χ2v) is 9.42. The van der Waals surface area contributed by atoms with E-state index in [1.54, 1.807) is 11.6 Å². The number of benzene rings is 1. The Bertz CT molecular complexity index is 960. The third-order valence-corrected chi connectivity index (χ3v) is 5.26. The Morgan fingerprint density at radius 3 is 2.42 bits per heavy atom. The van der Waals surface area contributed by atoms with Gasteiger partial charge in [0.15, 0.2) is 10.6 Å². The summed E-state index contributed by atoms with van der Waals surface area (Å²) in [4.78, 5) is 24.6. The Morgan fingerprint density at radius 1 is 1.19 bits per heavy atom. The summed E-state index contributed by atoms with van der Waals surface area (Å²) in [5.41, 5.74) is 0.564. The summed E-state index contributed by atoms with van der Waals surface area (Å²) in [5.74, 6) is 0.314. The molecule has 1 aromatic heterocycles. The van der Waals surface area contributed by atoms with Gasteiger partial charge in [-0.25, -0.2) is 4.68 Å². The zero-order valence-corrected chi connectivity index (χ0v) is 20.4. The molecule has 1 aromatic carbocycles. The lowest BCUT2D eigenvalue weighted by atomic mass is 10.1. The maximum atomic E-state index is 12.4. The minimum Gasteiger partial charge on any atom is -0.350 e. The van der Waals surface area contributed by atoms with Crippen molar-refractivity contribution in [1.82, 2.24) is 25.0 Å². The monoisotopic (exact) mass is 465 g/mol. The van der Waals surface area contributed by atoms with Crippen LogP contribution in [0.1, 0.15) is 53.9 Å². The van der Waals surface area contributed by atoms with Gasteiger partial charge in [-0.15, -0.1) is 0 Å². The Kier molecular flexibility index (Phi) is 8.82. The first-order valence-electron chi connectivity index (χ1n) is 10.6. The van der Waals surface area contributed by atoms with Gasteiger partial charge in [0.1, 0.15) is 6.04 Å². The molecule has 2 amide bonds. The number of hydrogen-bond donors (Lipinski definition) is 2. The molecule has 0 aliphatic rings.